The molecule has 0 spiro atoms. The van der Waals surface area contributed by atoms with Crippen LogP contribution in [-0.2, 0) is 4.74 Å². The average Bonchev–Trinajstić information content (AvgIpc) is 2.55. The van der Waals surface area contributed by atoms with Gasteiger partial charge < -0.3 is 10.5 Å². The number of rotatable bonds is 7. The van der Waals surface area contributed by atoms with E-state index in [1.165, 1.54) is 57.8 Å². The Morgan fingerprint density at radius 2 is 1.75 bits per heavy atom. The molecule has 2 heteroatoms. The zero-order valence-electron chi connectivity index (χ0n) is 11.0. The quantitative estimate of drug-likeness (QED) is 0.534. The van der Waals surface area contributed by atoms with Crippen LogP contribution < -0.4 is 5.73 Å². The lowest BCUT2D eigenvalue weighted by molar-refractivity contribution is 0.0868. The van der Waals surface area contributed by atoms with Gasteiger partial charge >= 0.3 is 0 Å². The summed E-state index contributed by atoms with van der Waals surface area (Å²) in [5.74, 6) is 0. The molecule has 16 heavy (non-hydrogen) atoms. The molecule has 0 unspecified atom stereocenters. The predicted molar refractivity (Wildman–Crippen MR) is 69.5 cm³/mol. The average molecular weight is 227 g/mol. The second-order valence-electron chi connectivity index (χ2n) is 5.33. The topological polar surface area (TPSA) is 35.2 Å². The van der Waals surface area contributed by atoms with Crippen molar-refractivity contribution in [1.82, 2.24) is 0 Å². The highest BCUT2D eigenvalue weighted by Gasteiger charge is 2.28. The molecule has 1 saturated carbocycles. The first-order chi connectivity index (χ1) is 7.83. The molecule has 1 aliphatic carbocycles. The summed E-state index contributed by atoms with van der Waals surface area (Å²) in [5, 5.41) is 0. The van der Waals surface area contributed by atoms with Crippen LogP contribution in [0.15, 0.2) is 0 Å². The fourth-order valence-electron chi connectivity index (χ4n) is 2.67. The number of unbranched alkanes of at least 4 members (excludes halogenated alkanes) is 1. The largest absolute Gasteiger partial charge is 0.381 e. The molecule has 0 radical (unpaired) electrons. The molecule has 0 aromatic rings. The summed E-state index contributed by atoms with van der Waals surface area (Å²) in [5.41, 5.74) is 6.40. The second kappa shape index (κ2) is 8.08. The highest BCUT2D eigenvalue weighted by Crippen LogP contribution is 2.37. The van der Waals surface area contributed by atoms with E-state index >= 15 is 0 Å². The summed E-state index contributed by atoms with van der Waals surface area (Å²) in [7, 11) is 0. The van der Waals surface area contributed by atoms with E-state index < -0.39 is 0 Å². The maximum absolute atomic E-state index is 5.99. The number of hydrogen-bond donors (Lipinski definition) is 1. The van der Waals surface area contributed by atoms with E-state index in [-0.39, 0.29) is 0 Å². The summed E-state index contributed by atoms with van der Waals surface area (Å²) in [4.78, 5) is 0. The van der Waals surface area contributed by atoms with Crippen molar-refractivity contribution >= 4 is 0 Å². The van der Waals surface area contributed by atoms with Gasteiger partial charge in [0.1, 0.15) is 0 Å². The first-order valence-corrected chi connectivity index (χ1v) is 7.11. The fourth-order valence-corrected chi connectivity index (χ4v) is 2.67. The van der Waals surface area contributed by atoms with Gasteiger partial charge in [-0.15, -0.1) is 0 Å². The van der Waals surface area contributed by atoms with Gasteiger partial charge in [-0.1, -0.05) is 39.0 Å². The fraction of sp³-hybridized carbons (Fsp3) is 1.00. The summed E-state index contributed by atoms with van der Waals surface area (Å²) in [6.07, 6.45) is 11.8. The van der Waals surface area contributed by atoms with Crippen LogP contribution in [0.5, 0.6) is 0 Å². The van der Waals surface area contributed by atoms with Gasteiger partial charge in [0.05, 0.1) is 0 Å². The van der Waals surface area contributed by atoms with Gasteiger partial charge in [-0.25, -0.2) is 0 Å². The first kappa shape index (κ1) is 14.0. The van der Waals surface area contributed by atoms with Crippen LogP contribution in [0.25, 0.3) is 0 Å². The molecule has 0 aromatic carbocycles. The van der Waals surface area contributed by atoms with Crippen LogP contribution in [0, 0.1) is 5.41 Å². The second-order valence-corrected chi connectivity index (χ2v) is 5.33. The van der Waals surface area contributed by atoms with Crippen LogP contribution in [-0.4, -0.2) is 19.8 Å². The van der Waals surface area contributed by atoms with E-state index in [2.05, 4.69) is 6.92 Å². The highest BCUT2D eigenvalue weighted by atomic mass is 16.5. The molecule has 0 aromatic heterocycles. The van der Waals surface area contributed by atoms with E-state index in [0.29, 0.717) is 5.41 Å². The van der Waals surface area contributed by atoms with E-state index in [1.807, 2.05) is 0 Å². The standard InChI is InChI=1S/C14H29NO/c1-2-3-11-16-12-10-14(13-15)8-6-4-5-7-9-14/h2-13,15H2,1H3. The third kappa shape index (κ3) is 4.84. The molecule has 0 amide bonds. The van der Waals surface area contributed by atoms with Gasteiger partial charge in [0.15, 0.2) is 0 Å². The third-order valence-corrected chi connectivity index (χ3v) is 4.02. The van der Waals surface area contributed by atoms with Crippen LogP contribution in [0.4, 0.5) is 0 Å². The Hall–Kier alpha value is -0.0800. The van der Waals surface area contributed by atoms with Crippen molar-refractivity contribution in [3.63, 3.8) is 0 Å². The molecule has 1 rings (SSSR count). The molecular weight excluding hydrogens is 198 g/mol. The molecule has 1 aliphatic rings. The Bertz CT molecular complexity index is 162. The van der Waals surface area contributed by atoms with Crippen molar-refractivity contribution in [3.8, 4) is 0 Å². The van der Waals surface area contributed by atoms with Crippen molar-refractivity contribution in [2.75, 3.05) is 19.8 Å². The predicted octanol–water partition coefficient (Wildman–Crippen LogP) is 3.49. The molecule has 0 saturated heterocycles. The zero-order chi connectivity index (χ0) is 11.7. The highest BCUT2D eigenvalue weighted by molar-refractivity contribution is 4.82. The van der Waals surface area contributed by atoms with Gasteiger partial charge in [-0.3, -0.25) is 0 Å². The Balaban J connectivity index is 2.22. The van der Waals surface area contributed by atoms with Gasteiger partial charge in [0.25, 0.3) is 0 Å². The lowest BCUT2D eigenvalue weighted by atomic mass is 9.78. The molecular formula is C14H29NO. The van der Waals surface area contributed by atoms with E-state index in [0.717, 1.165) is 19.8 Å². The number of nitrogens with two attached hydrogens (primary N) is 1. The van der Waals surface area contributed by atoms with E-state index in [1.54, 1.807) is 0 Å². The van der Waals surface area contributed by atoms with Crippen LogP contribution in [0.2, 0.25) is 0 Å². The zero-order valence-corrected chi connectivity index (χ0v) is 11.0. The Kier molecular flexibility index (Phi) is 7.06. The van der Waals surface area contributed by atoms with Gasteiger partial charge in [0.2, 0.25) is 0 Å². The molecule has 2 N–H and O–H groups in total. The van der Waals surface area contributed by atoms with Gasteiger partial charge in [-0.05, 0) is 37.6 Å². The van der Waals surface area contributed by atoms with Gasteiger partial charge in [0, 0.05) is 13.2 Å². The summed E-state index contributed by atoms with van der Waals surface area (Å²) < 4.78 is 5.69. The summed E-state index contributed by atoms with van der Waals surface area (Å²) >= 11 is 0. The minimum Gasteiger partial charge on any atom is -0.381 e. The minimum atomic E-state index is 0.405. The number of ether oxygens (including phenoxy) is 1. The first-order valence-electron chi connectivity index (χ1n) is 7.11. The van der Waals surface area contributed by atoms with Crippen LogP contribution >= 0.6 is 0 Å². The molecule has 0 bridgehead atoms. The Labute approximate surface area is 101 Å². The van der Waals surface area contributed by atoms with Crippen LogP contribution in [0.3, 0.4) is 0 Å². The summed E-state index contributed by atoms with van der Waals surface area (Å²) in [6.45, 7) is 4.90. The lowest BCUT2D eigenvalue weighted by Crippen LogP contribution is -2.31. The normalized spacial score (nSPS) is 20.6. The lowest BCUT2D eigenvalue weighted by Gasteiger charge is -2.31. The Morgan fingerprint density at radius 3 is 2.31 bits per heavy atom. The number of hydrogen-bond acceptors (Lipinski definition) is 2. The Morgan fingerprint density at radius 1 is 1.06 bits per heavy atom. The van der Waals surface area contributed by atoms with Crippen molar-refractivity contribution in [1.29, 1.82) is 0 Å². The van der Waals surface area contributed by atoms with Crippen molar-refractivity contribution < 1.29 is 4.74 Å². The van der Waals surface area contributed by atoms with Crippen molar-refractivity contribution in [2.45, 2.75) is 64.7 Å². The maximum atomic E-state index is 5.99. The van der Waals surface area contributed by atoms with Gasteiger partial charge in [-0.2, -0.15) is 0 Å². The molecule has 0 heterocycles. The smallest absolute Gasteiger partial charge is 0.0471 e. The van der Waals surface area contributed by atoms with E-state index in [9.17, 15) is 0 Å². The van der Waals surface area contributed by atoms with Crippen molar-refractivity contribution in [3.05, 3.63) is 0 Å². The molecule has 0 atom stereocenters. The third-order valence-electron chi connectivity index (χ3n) is 4.02. The molecule has 1 fully saturated rings. The minimum absolute atomic E-state index is 0.405. The molecule has 2 nitrogen and oxygen atoms in total. The molecule has 96 valence electrons. The van der Waals surface area contributed by atoms with E-state index in [4.69, 9.17) is 10.5 Å². The maximum Gasteiger partial charge on any atom is 0.0471 e. The SMILES string of the molecule is CCCCOCCC1(CN)CCCCCC1. The summed E-state index contributed by atoms with van der Waals surface area (Å²) in [6, 6.07) is 0. The van der Waals surface area contributed by atoms with Crippen LogP contribution in [0.1, 0.15) is 64.7 Å². The molecule has 0 aliphatic heterocycles. The monoisotopic (exact) mass is 227 g/mol. The van der Waals surface area contributed by atoms with Crippen molar-refractivity contribution in [2.24, 2.45) is 11.1 Å².